The molecule has 0 radical (unpaired) electrons. The van der Waals surface area contributed by atoms with Crippen molar-refractivity contribution in [1.29, 1.82) is 5.41 Å². The Morgan fingerprint density at radius 2 is 2.36 bits per heavy atom. The Balaban J connectivity index is 3.01. The monoisotopic (exact) mass is 147 g/mol. The Morgan fingerprint density at radius 3 is 2.82 bits per heavy atom. The van der Waals surface area contributed by atoms with E-state index in [1.807, 2.05) is 18.2 Å². The van der Waals surface area contributed by atoms with E-state index in [0.717, 1.165) is 5.69 Å². The van der Waals surface area contributed by atoms with Gasteiger partial charge in [0.05, 0.1) is 5.69 Å². The topological polar surface area (TPSA) is 62.8 Å². The summed E-state index contributed by atoms with van der Waals surface area (Å²) in [6.07, 6.45) is 4.22. The lowest BCUT2D eigenvalue weighted by atomic mass is 10.2. The third-order valence-electron chi connectivity index (χ3n) is 1.30. The molecule has 0 fully saturated rings. The molecule has 0 aliphatic carbocycles. The molecule has 0 spiro atoms. The standard InChI is InChI=1S/C8H9N3/c9-5-7(6-10)8-3-1-2-4-11-8/h1-6,9H,10H2. The highest BCUT2D eigenvalue weighted by Crippen LogP contribution is 2.05. The van der Waals surface area contributed by atoms with E-state index < -0.39 is 0 Å². The number of nitrogens with one attached hydrogen (secondary N) is 1. The van der Waals surface area contributed by atoms with Crippen LogP contribution in [0.5, 0.6) is 0 Å². The van der Waals surface area contributed by atoms with Crippen molar-refractivity contribution in [1.82, 2.24) is 4.98 Å². The van der Waals surface area contributed by atoms with Gasteiger partial charge in [-0.2, -0.15) is 0 Å². The number of aromatic nitrogens is 1. The molecule has 0 saturated carbocycles. The second-order valence-corrected chi connectivity index (χ2v) is 1.98. The molecule has 0 bridgehead atoms. The van der Waals surface area contributed by atoms with Crippen LogP contribution in [0.15, 0.2) is 30.6 Å². The number of nitrogens with two attached hydrogens (primary N) is 1. The number of pyridine rings is 1. The van der Waals surface area contributed by atoms with Crippen molar-refractivity contribution in [2.75, 3.05) is 0 Å². The van der Waals surface area contributed by atoms with Crippen molar-refractivity contribution in [2.24, 2.45) is 5.73 Å². The summed E-state index contributed by atoms with van der Waals surface area (Å²) in [5.41, 5.74) is 6.62. The smallest absolute Gasteiger partial charge is 0.0731 e. The quantitative estimate of drug-likeness (QED) is 0.614. The highest BCUT2D eigenvalue weighted by atomic mass is 14.7. The molecule has 3 nitrogen and oxygen atoms in total. The van der Waals surface area contributed by atoms with Gasteiger partial charge >= 0.3 is 0 Å². The second-order valence-electron chi connectivity index (χ2n) is 1.98. The summed E-state index contributed by atoms with van der Waals surface area (Å²) in [5.74, 6) is 0. The molecule has 3 N–H and O–H groups in total. The van der Waals surface area contributed by atoms with Crippen LogP contribution in [-0.4, -0.2) is 11.2 Å². The number of hydrogen-bond acceptors (Lipinski definition) is 3. The average molecular weight is 147 g/mol. The van der Waals surface area contributed by atoms with Crippen LogP contribution in [0.4, 0.5) is 0 Å². The van der Waals surface area contributed by atoms with Crippen molar-refractivity contribution in [2.45, 2.75) is 0 Å². The van der Waals surface area contributed by atoms with E-state index in [-0.39, 0.29) is 0 Å². The van der Waals surface area contributed by atoms with Crippen LogP contribution in [0.2, 0.25) is 0 Å². The predicted molar refractivity (Wildman–Crippen MR) is 45.2 cm³/mol. The number of nitrogens with zero attached hydrogens (tertiary/aromatic N) is 1. The van der Waals surface area contributed by atoms with E-state index in [4.69, 9.17) is 11.1 Å². The van der Waals surface area contributed by atoms with Crippen LogP contribution in [0.3, 0.4) is 0 Å². The molecule has 3 heteroatoms. The minimum Gasteiger partial charge on any atom is -0.404 e. The molecule has 56 valence electrons. The largest absolute Gasteiger partial charge is 0.404 e. The first-order valence-corrected chi connectivity index (χ1v) is 3.22. The van der Waals surface area contributed by atoms with E-state index >= 15 is 0 Å². The molecule has 1 heterocycles. The van der Waals surface area contributed by atoms with Crippen LogP contribution in [0, 0.1) is 5.41 Å². The maximum Gasteiger partial charge on any atom is 0.0731 e. The first kappa shape index (κ1) is 7.47. The fraction of sp³-hybridized carbons (Fsp3) is 0. The maximum absolute atomic E-state index is 6.98. The van der Waals surface area contributed by atoms with Gasteiger partial charge in [0.15, 0.2) is 0 Å². The summed E-state index contributed by atoms with van der Waals surface area (Å²) in [4.78, 5) is 4.02. The van der Waals surface area contributed by atoms with Gasteiger partial charge in [-0.3, -0.25) is 4.98 Å². The lowest BCUT2D eigenvalue weighted by molar-refractivity contribution is 1.28. The zero-order valence-corrected chi connectivity index (χ0v) is 5.99. The van der Waals surface area contributed by atoms with Crippen LogP contribution < -0.4 is 5.73 Å². The Morgan fingerprint density at radius 1 is 1.55 bits per heavy atom. The van der Waals surface area contributed by atoms with Crippen molar-refractivity contribution in [3.05, 3.63) is 36.3 Å². The van der Waals surface area contributed by atoms with Gasteiger partial charge in [0.1, 0.15) is 0 Å². The highest BCUT2D eigenvalue weighted by molar-refractivity contribution is 6.07. The first-order valence-electron chi connectivity index (χ1n) is 3.22. The Kier molecular flexibility index (Phi) is 2.38. The minimum atomic E-state index is 0.630. The summed E-state index contributed by atoms with van der Waals surface area (Å²) < 4.78 is 0. The SMILES string of the molecule is N=CC(=CN)c1ccccn1. The third kappa shape index (κ3) is 1.64. The molecule has 1 aromatic heterocycles. The highest BCUT2D eigenvalue weighted by Gasteiger charge is 1.95. The molecule has 0 saturated heterocycles. The van der Waals surface area contributed by atoms with E-state index in [0.29, 0.717) is 5.57 Å². The van der Waals surface area contributed by atoms with Crippen LogP contribution in [-0.2, 0) is 0 Å². The molecule has 0 atom stereocenters. The number of allylic oxidation sites excluding steroid dienone is 1. The zero-order valence-electron chi connectivity index (χ0n) is 5.99. The van der Waals surface area contributed by atoms with Gasteiger partial charge < -0.3 is 11.1 Å². The summed E-state index contributed by atoms with van der Waals surface area (Å²) in [6.45, 7) is 0. The van der Waals surface area contributed by atoms with Crippen molar-refractivity contribution >= 4 is 11.8 Å². The van der Waals surface area contributed by atoms with Gasteiger partial charge in [0.25, 0.3) is 0 Å². The lowest BCUT2D eigenvalue weighted by Crippen LogP contribution is -1.92. The molecule has 11 heavy (non-hydrogen) atoms. The molecule has 0 aromatic carbocycles. The van der Waals surface area contributed by atoms with Gasteiger partial charge in [-0.1, -0.05) is 6.07 Å². The van der Waals surface area contributed by atoms with Crippen molar-refractivity contribution < 1.29 is 0 Å². The summed E-state index contributed by atoms with van der Waals surface area (Å²) in [5, 5.41) is 6.98. The second kappa shape index (κ2) is 3.51. The number of hydrogen-bond donors (Lipinski definition) is 2. The molecule has 0 aliphatic heterocycles. The first-order chi connectivity index (χ1) is 5.38. The minimum absolute atomic E-state index is 0.630. The Hall–Kier alpha value is -1.64. The lowest BCUT2D eigenvalue weighted by Gasteiger charge is -1.96. The van der Waals surface area contributed by atoms with E-state index in [1.165, 1.54) is 12.4 Å². The van der Waals surface area contributed by atoms with Crippen LogP contribution in [0.1, 0.15) is 5.69 Å². The van der Waals surface area contributed by atoms with Crippen molar-refractivity contribution in [3.8, 4) is 0 Å². The zero-order chi connectivity index (χ0) is 8.10. The van der Waals surface area contributed by atoms with Gasteiger partial charge in [-0.15, -0.1) is 0 Å². The van der Waals surface area contributed by atoms with Gasteiger partial charge in [0, 0.05) is 24.2 Å². The maximum atomic E-state index is 6.98. The summed E-state index contributed by atoms with van der Waals surface area (Å²) in [7, 11) is 0. The molecule has 0 amide bonds. The average Bonchev–Trinajstić information content (AvgIpc) is 2.09. The Bertz CT molecular complexity index is 264. The molecule has 1 rings (SSSR count). The predicted octanol–water partition coefficient (Wildman–Crippen LogP) is 1.03. The van der Waals surface area contributed by atoms with Crippen molar-refractivity contribution in [3.63, 3.8) is 0 Å². The number of rotatable bonds is 2. The summed E-state index contributed by atoms with van der Waals surface area (Å²) in [6, 6.07) is 5.49. The molecular weight excluding hydrogens is 138 g/mol. The van der Waals surface area contributed by atoms with Gasteiger partial charge in [-0.05, 0) is 12.1 Å². The molecular formula is C8H9N3. The molecule has 1 aromatic rings. The normalized spacial score (nSPS) is 11.1. The van der Waals surface area contributed by atoms with E-state index in [1.54, 1.807) is 6.20 Å². The fourth-order valence-electron chi connectivity index (χ4n) is 0.741. The fourth-order valence-corrected chi connectivity index (χ4v) is 0.741. The van der Waals surface area contributed by atoms with Gasteiger partial charge in [0.2, 0.25) is 0 Å². The molecule has 0 unspecified atom stereocenters. The van der Waals surface area contributed by atoms with Gasteiger partial charge in [-0.25, -0.2) is 0 Å². The van der Waals surface area contributed by atoms with E-state index in [2.05, 4.69) is 4.98 Å². The van der Waals surface area contributed by atoms with Crippen LogP contribution >= 0.6 is 0 Å². The van der Waals surface area contributed by atoms with E-state index in [9.17, 15) is 0 Å². The summed E-state index contributed by atoms with van der Waals surface area (Å²) >= 11 is 0. The third-order valence-corrected chi connectivity index (χ3v) is 1.30. The van der Waals surface area contributed by atoms with Crippen LogP contribution in [0.25, 0.3) is 5.57 Å². The Labute approximate surface area is 65.1 Å². The molecule has 0 aliphatic rings.